The topological polar surface area (TPSA) is 21.6 Å². The molecule has 0 N–H and O–H groups in total. The van der Waals surface area contributed by atoms with Crippen molar-refractivity contribution < 1.29 is 4.74 Å². The number of aliphatic imine (C=N–C) groups is 1. The third-order valence-electron chi connectivity index (χ3n) is 2.35. The van der Waals surface area contributed by atoms with Gasteiger partial charge in [-0.15, -0.1) is 0 Å². The fourth-order valence-electron chi connectivity index (χ4n) is 1.48. The van der Waals surface area contributed by atoms with Crippen molar-refractivity contribution >= 4 is 35.2 Å². The Hall–Kier alpha value is -0.990. The minimum Gasteiger partial charge on any atom is -0.475 e. The van der Waals surface area contributed by atoms with Crippen molar-refractivity contribution in [2.24, 2.45) is 4.99 Å². The smallest absolute Gasteiger partial charge is 0.209 e. The molecule has 1 aliphatic heterocycles. The maximum absolute atomic E-state index is 5.93. The van der Waals surface area contributed by atoms with Gasteiger partial charge < -0.3 is 4.74 Å². The lowest BCUT2D eigenvalue weighted by Crippen LogP contribution is -2.17. The molecule has 0 aliphatic carbocycles. The second kappa shape index (κ2) is 4.71. The van der Waals surface area contributed by atoms with Crippen molar-refractivity contribution in [1.82, 2.24) is 0 Å². The molecule has 17 heavy (non-hydrogen) atoms. The van der Waals surface area contributed by atoms with E-state index in [2.05, 4.69) is 4.99 Å². The first-order chi connectivity index (χ1) is 7.96. The van der Waals surface area contributed by atoms with Crippen molar-refractivity contribution in [3.8, 4) is 0 Å². The van der Waals surface area contributed by atoms with Crippen LogP contribution < -0.4 is 0 Å². The molecule has 0 atom stereocenters. The first-order valence-electron chi connectivity index (χ1n) is 5.32. The van der Waals surface area contributed by atoms with E-state index in [-0.39, 0.29) is 5.54 Å². The Morgan fingerprint density at radius 3 is 2.59 bits per heavy atom. The van der Waals surface area contributed by atoms with Crippen molar-refractivity contribution in [2.75, 3.05) is 6.61 Å². The van der Waals surface area contributed by atoms with Crippen LogP contribution >= 0.6 is 23.2 Å². The zero-order valence-corrected chi connectivity index (χ0v) is 11.2. The van der Waals surface area contributed by atoms with Gasteiger partial charge in [-0.25, -0.2) is 4.99 Å². The first kappa shape index (κ1) is 12.5. The van der Waals surface area contributed by atoms with E-state index in [9.17, 15) is 0 Å². The molecule has 0 spiro atoms. The van der Waals surface area contributed by atoms with Gasteiger partial charge in [0.25, 0.3) is 0 Å². The van der Waals surface area contributed by atoms with Crippen LogP contribution in [-0.4, -0.2) is 18.0 Å². The number of rotatable bonds is 2. The summed E-state index contributed by atoms with van der Waals surface area (Å²) in [6.07, 6.45) is 3.75. The summed E-state index contributed by atoms with van der Waals surface area (Å²) < 4.78 is 5.45. The highest BCUT2D eigenvalue weighted by atomic mass is 35.5. The Morgan fingerprint density at radius 1 is 1.24 bits per heavy atom. The summed E-state index contributed by atoms with van der Waals surface area (Å²) in [6, 6.07) is 5.47. The molecule has 2 rings (SSSR count). The van der Waals surface area contributed by atoms with Gasteiger partial charge in [0.05, 0.1) is 15.6 Å². The normalized spacial score (nSPS) is 18.2. The first-order valence-corrected chi connectivity index (χ1v) is 6.08. The maximum Gasteiger partial charge on any atom is 0.209 e. The molecule has 1 heterocycles. The highest BCUT2D eigenvalue weighted by molar-refractivity contribution is 6.42. The predicted octanol–water partition coefficient (Wildman–Crippen LogP) is 4.21. The van der Waals surface area contributed by atoms with Crippen LogP contribution in [0.1, 0.15) is 19.4 Å². The number of hydrogen-bond donors (Lipinski definition) is 0. The van der Waals surface area contributed by atoms with Gasteiger partial charge in [-0.2, -0.15) is 0 Å². The Balaban J connectivity index is 2.13. The highest BCUT2D eigenvalue weighted by Crippen LogP contribution is 2.23. The fraction of sp³-hybridized carbons (Fsp3) is 0.308. The number of hydrogen-bond acceptors (Lipinski definition) is 2. The Labute approximate surface area is 111 Å². The van der Waals surface area contributed by atoms with E-state index >= 15 is 0 Å². The van der Waals surface area contributed by atoms with Crippen LogP contribution in [0.3, 0.4) is 0 Å². The molecule has 0 fully saturated rings. The summed E-state index contributed by atoms with van der Waals surface area (Å²) in [7, 11) is 0. The summed E-state index contributed by atoms with van der Waals surface area (Å²) in [4.78, 5) is 4.42. The summed E-state index contributed by atoms with van der Waals surface area (Å²) in [6.45, 7) is 4.69. The van der Waals surface area contributed by atoms with Crippen molar-refractivity contribution in [1.29, 1.82) is 0 Å². The minimum atomic E-state index is -0.128. The lowest BCUT2D eigenvalue weighted by molar-refractivity contribution is 0.280. The van der Waals surface area contributed by atoms with Crippen molar-refractivity contribution in [2.45, 2.75) is 19.4 Å². The molecule has 0 aromatic heterocycles. The van der Waals surface area contributed by atoms with E-state index in [4.69, 9.17) is 27.9 Å². The Morgan fingerprint density at radius 2 is 2.00 bits per heavy atom. The molecule has 0 bridgehead atoms. The zero-order valence-electron chi connectivity index (χ0n) is 9.71. The standard InChI is InChI=1S/C13H13Cl2NO/c1-13(2)8-17-12(16-13)6-4-9-3-5-10(14)11(15)7-9/h3-7H,8H2,1-2H3/b6-4+. The largest absolute Gasteiger partial charge is 0.475 e. The molecule has 1 aromatic carbocycles. The van der Waals surface area contributed by atoms with Gasteiger partial charge in [0, 0.05) is 6.08 Å². The third kappa shape index (κ3) is 3.24. The lowest BCUT2D eigenvalue weighted by Gasteiger charge is -2.07. The molecule has 0 unspecified atom stereocenters. The highest BCUT2D eigenvalue weighted by Gasteiger charge is 2.24. The van der Waals surface area contributed by atoms with Crippen LogP contribution in [0.15, 0.2) is 29.3 Å². The number of nitrogens with zero attached hydrogens (tertiary/aromatic N) is 1. The molecule has 4 heteroatoms. The molecule has 1 aliphatic rings. The van der Waals surface area contributed by atoms with Gasteiger partial charge in [-0.1, -0.05) is 29.3 Å². The van der Waals surface area contributed by atoms with Gasteiger partial charge in [0.15, 0.2) is 0 Å². The minimum absolute atomic E-state index is 0.128. The Kier molecular flexibility index (Phi) is 3.45. The van der Waals surface area contributed by atoms with E-state index in [1.165, 1.54) is 0 Å². The molecule has 1 aromatic rings. The van der Waals surface area contributed by atoms with E-state index in [0.29, 0.717) is 22.5 Å². The average Bonchev–Trinajstić information content (AvgIpc) is 2.60. The van der Waals surface area contributed by atoms with Gasteiger partial charge in [-0.05, 0) is 37.6 Å². The SMILES string of the molecule is CC1(C)COC(/C=C/c2ccc(Cl)c(Cl)c2)=N1. The Bertz CT molecular complexity index is 492. The van der Waals surface area contributed by atoms with Crippen LogP contribution in [0, 0.1) is 0 Å². The molecule has 0 radical (unpaired) electrons. The van der Waals surface area contributed by atoms with Gasteiger partial charge >= 0.3 is 0 Å². The third-order valence-corrected chi connectivity index (χ3v) is 3.09. The molecular weight excluding hydrogens is 257 g/mol. The van der Waals surface area contributed by atoms with Crippen LogP contribution in [0.4, 0.5) is 0 Å². The molecule has 0 saturated heterocycles. The van der Waals surface area contributed by atoms with E-state index in [0.717, 1.165) is 5.56 Å². The van der Waals surface area contributed by atoms with Crippen LogP contribution in [0.2, 0.25) is 10.0 Å². The van der Waals surface area contributed by atoms with Gasteiger partial charge in [0.2, 0.25) is 5.90 Å². The van der Waals surface area contributed by atoms with E-state index < -0.39 is 0 Å². The van der Waals surface area contributed by atoms with Gasteiger partial charge in [-0.3, -0.25) is 0 Å². The van der Waals surface area contributed by atoms with Gasteiger partial charge in [0.1, 0.15) is 6.61 Å². The van der Waals surface area contributed by atoms with Crippen LogP contribution in [-0.2, 0) is 4.74 Å². The summed E-state index contributed by atoms with van der Waals surface area (Å²) in [5.74, 6) is 0.654. The predicted molar refractivity (Wildman–Crippen MR) is 73.0 cm³/mol. The van der Waals surface area contributed by atoms with Crippen LogP contribution in [0.25, 0.3) is 6.08 Å². The summed E-state index contributed by atoms with van der Waals surface area (Å²) >= 11 is 11.8. The molecule has 2 nitrogen and oxygen atoms in total. The van der Waals surface area contributed by atoms with E-state index in [1.54, 1.807) is 12.1 Å². The quantitative estimate of drug-likeness (QED) is 0.788. The maximum atomic E-state index is 5.93. The molecule has 90 valence electrons. The molecule has 0 amide bonds. The van der Waals surface area contributed by atoms with Crippen molar-refractivity contribution in [3.05, 3.63) is 39.9 Å². The number of halogens is 2. The summed E-state index contributed by atoms with van der Waals surface area (Å²) in [5, 5.41) is 1.10. The molecule has 0 saturated carbocycles. The monoisotopic (exact) mass is 269 g/mol. The van der Waals surface area contributed by atoms with Crippen molar-refractivity contribution in [3.63, 3.8) is 0 Å². The zero-order chi connectivity index (χ0) is 12.5. The average molecular weight is 270 g/mol. The second-order valence-corrected chi connectivity index (χ2v) is 5.37. The second-order valence-electron chi connectivity index (χ2n) is 4.56. The fourth-order valence-corrected chi connectivity index (χ4v) is 1.79. The molecular formula is C13H13Cl2NO. The lowest BCUT2D eigenvalue weighted by atomic mass is 10.1. The number of ether oxygens (including phenoxy) is 1. The number of benzene rings is 1. The van der Waals surface area contributed by atoms with E-state index in [1.807, 2.05) is 32.1 Å². The van der Waals surface area contributed by atoms with Crippen LogP contribution in [0.5, 0.6) is 0 Å². The summed E-state index contributed by atoms with van der Waals surface area (Å²) in [5.41, 5.74) is 0.840.